The minimum absolute atomic E-state index is 0.315. The van der Waals surface area contributed by atoms with Gasteiger partial charge in [-0.1, -0.05) is 35.1 Å². The molecule has 3 aromatic heterocycles. The van der Waals surface area contributed by atoms with Gasteiger partial charge in [-0.15, -0.1) is 10.2 Å². The Hall–Kier alpha value is -2.38. The molecule has 6 nitrogen and oxygen atoms in total. The van der Waals surface area contributed by atoms with E-state index in [0.717, 1.165) is 5.01 Å². The van der Waals surface area contributed by atoms with Crippen LogP contribution < -0.4 is 4.74 Å². The fourth-order valence-corrected chi connectivity index (χ4v) is 2.91. The van der Waals surface area contributed by atoms with Gasteiger partial charge in [0.1, 0.15) is 12.4 Å². The zero-order valence-electron chi connectivity index (χ0n) is 11.1. The van der Waals surface area contributed by atoms with Gasteiger partial charge in [0.25, 0.3) is 0 Å². The molecule has 0 aliphatic carbocycles. The van der Waals surface area contributed by atoms with Gasteiger partial charge in [-0.05, 0) is 24.3 Å². The molecule has 0 aliphatic rings. The van der Waals surface area contributed by atoms with Crippen LogP contribution in [0.5, 0.6) is 5.75 Å². The number of rotatable bonds is 4. The van der Waals surface area contributed by atoms with Crippen LogP contribution in [-0.2, 0) is 6.61 Å². The Morgan fingerprint density at radius 2 is 2.09 bits per heavy atom. The molecule has 0 saturated carbocycles. The Morgan fingerprint density at radius 3 is 2.91 bits per heavy atom. The number of furan rings is 1. The van der Waals surface area contributed by atoms with Crippen LogP contribution in [0.2, 0.25) is 5.02 Å². The van der Waals surface area contributed by atoms with Crippen LogP contribution in [0.3, 0.4) is 0 Å². The molecule has 0 amide bonds. The lowest BCUT2D eigenvalue weighted by Crippen LogP contribution is -1.97. The lowest BCUT2D eigenvalue weighted by Gasteiger charge is -2.04. The van der Waals surface area contributed by atoms with Crippen LogP contribution in [0, 0.1) is 0 Å². The van der Waals surface area contributed by atoms with Gasteiger partial charge >= 0.3 is 0 Å². The van der Waals surface area contributed by atoms with E-state index in [2.05, 4.69) is 15.3 Å². The Bertz CT molecular complexity index is 916. The first kappa shape index (κ1) is 13.3. The van der Waals surface area contributed by atoms with E-state index < -0.39 is 0 Å². The maximum atomic E-state index is 6.06. The molecule has 0 radical (unpaired) electrons. The molecule has 0 bridgehead atoms. The smallest absolute Gasteiger partial charge is 0.235 e. The number of nitrogens with zero attached hydrogens (tertiary/aromatic N) is 4. The summed E-state index contributed by atoms with van der Waals surface area (Å²) in [6.45, 7) is 0.315. The molecule has 0 N–H and O–H groups in total. The Kier molecular flexibility index (Phi) is 3.28. The first-order valence-electron chi connectivity index (χ1n) is 6.43. The Labute approximate surface area is 133 Å². The third-order valence-corrected chi connectivity index (χ3v) is 4.15. The van der Waals surface area contributed by atoms with Crippen LogP contribution >= 0.6 is 22.9 Å². The van der Waals surface area contributed by atoms with Gasteiger partial charge in [0.2, 0.25) is 10.8 Å². The average molecular weight is 333 g/mol. The number of hydrogen-bond donors (Lipinski definition) is 0. The highest BCUT2D eigenvalue weighted by Gasteiger charge is 2.15. The third-order valence-electron chi connectivity index (χ3n) is 2.96. The second kappa shape index (κ2) is 5.43. The number of benzene rings is 1. The van der Waals surface area contributed by atoms with Crippen molar-refractivity contribution in [1.82, 2.24) is 19.8 Å². The lowest BCUT2D eigenvalue weighted by molar-refractivity contribution is 0.304. The number of ether oxygens (including phenoxy) is 1. The molecule has 8 heteroatoms. The molecule has 0 saturated heterocycles. The molecule has 4 aromatic rings. The summed E-state index contributed by atoms with van der Waals surface area (Å²) in [5.74, 6) is 1.82. The maximum absolute atomic E-state index is 6.06. The molecule has 0 spiro atoms. The van der Waals surface area contributed by atoms with Crippen molar-refractivity contribution < 1.29 is 9.15 Å². The summed E-state index contributed by atoms with van der Waals surface area (Å²) in [6.07, 6.45) is 1.59. The van der Waals surface area contributed by atoms with E-state index >= 15 is 0 Å². The van der Waals surface area contributed by atoms with Crippen molar-refractivity contribution in [3.05, 3.63) is 52.7 Å². The zero-order valence-corrected chi connectivity index (χ0v) is 12.7. The summed E-state index contributed by atoms with van der Waals surface area (Å²) in [5, 5.41) is 14.0. The third kappa shape index (κ3) is 2.34. The van der Waals surface area contributed by atoms with Crippen molar-refractivity contribution in [3.8, 4) is 17.3 Å². The quantitative estimate of drug-likeness (QED) is 0.570. The number of hydrogen-bond acceptors (Lipinski definition) is 6. The van der Waals surface area contributed by atoms with Crippen LogP contribution in [0.15, 0.2) is 47.1 Å². The molecule has 4 rings (SSSR count). The van der Waals surface area contributed by atoms with Crippen LogP contribution in [0.4, 0.5) is 0 Å². The van der Waals surface area contributed by atoms with E-state index in [-0.39, 0.29) is 0 Å². The summed E-state index contributed by atoms with van der Waals surface area (Å²) < 4.78 is 12.7. The van der Waals surface area contributed by atoms with Crippen LogP contribution in [0.25, 0.3) is 16.5 Å². The average Bonchev–Trinajstić information content (AvgIpc) is 3.22. The van der Waals surface area contributed by atoms with E-state index in [1.165, 1.54) is 11.3 Å². The first-order chi connectivity index (χ1) is 10.8. The SMILES string of the molecule is Clc1ccccc1OCc1nn2c(-c3ccco3)nnc2s1. The van der Waals surface area contributed by atoms with E-state index in [1.54, 1.807) is 22.9 Å². The summed E-state index contributed by atoms with van der Waals surface area (Å²) in [7, 11) is 0. The highest BCUT2D eigenvalue weighted by atomic mass is 35.5. The minimum Gasteiger partial charge on any atom is -0.485 e. The number of halogens is 1. The number of fused-ring (bicyclic) bond motifs is 1. The van der Waals surface area contributed by atoms with Gasteiger partial charge in [-0.2, -0.15) is 9.61 Å². The Morgan fingerprint density at radius 1 is 1.18 bits per heavy atom. The van der Waals surface area contributed by atoms with E-state index in [9.17, 15) is 0 Å². The van der Waals surface area contributed by atoms with Crippen LogP contribution in [-0.4, -0.2) is 19.8 Å². The maximum Gasteiger partial charge on any atom is 0.235 e. The molecule has 1 aromatic carbocycles. The fourth-order valence-electron chi connectivity index (χ4n) is 1.98. The summed E-state index contributed by atoms with van der Waals surface area (Å²) >= 11 is 7.47. The van der Waals surface area contributed by atoms with E-state index in [0.29, 0.717) is 33.9 Å². The molecular formula is C14H9ClN4O2S. The van der Waals surface area contributed by atoms with Crippen molar-refractivity contribution in [2.45, 2.75) is 6.61 Å². The minimum atomic E-state index is 0.315. The second-order valence-corrected chi connectivity index (χ2v) is 5.86. The number of aromatic nitrogens is 4. The topological polar surface area (TPSA) is 65.5 Å². The molecule has 0 unspecified atom stereocenters. The van der Waals surface area contributed by atoms with Crippen LogP contribution in [0.1, 0.15) is 5.01 Å². The molecule has 0 atom stereocenters. The molecule has 110 valence electrons. The molecule has 3 heterocycles. The first-order valence-corrected chi connectivity index (χ1v) is 7.63. The second-order valence-electron chi connectivity index (χ2n) is 4.41. The van der Waals surface area contributed by atoms with Gasteiger partial charge in [0.05, 0.1) is 11.3 Å². The fraction of sp³-hybridized carbons (Fsp3) is 0.0714. The van der Waals surface area contributed by atoms with Gasteiger partial charge < -0.3 is 9.15 Å². The van der Waals surface area contributed by atoms with Crippen molar-refractivity contribution in [2.75, 3.05) is 0 Å². The van der Waals surface area contributed by atoms with Gasteiger partial charge in [-0.25, -0.2) is 0 Å². The summed E-state index contributed by atoms with van der Waals surface area (Å²) in [5.41, 5.74) is 0. The molecule has 0 aliphatic heterocycles. The molecule has 22 heavy (non-hydrogen) atoms. The normalized spacial score (nSPS) is 11.1. The molecular weight excluding hydrogens is 324 g/mol. The monoisotopic (exact) mass is 332 g/mol. The number of para-hydroxylation sites is 1. The highest BCUT2D eigenvalue weighted by molar-refractivity contribution is 7.16. The lowest BCUT2D eigenvalue weighted by atomic mass is 10.3. The van der Waals surface area contributed by atoms with Gasteiger partial charge in [-0.3, -0.25) is 0 Å². The van der Waals surface area contributed by atoms with Gasteiger partial charge in [0, 0.05) is 0 Å². The largest absolute Gasteiger partial charge is 0.485 e. The predicted octanol–water partition coefficient (Wildman–Crippen LogP) is 3.68. The predicted molar refractivity (Wildman–Crippen MR) is 82.1 cm³/mol. The van der Waals surface area contributed by atoms with E-state index in [4.69, 9.17) is 20.8 Å². The van der Waals surface area contributed by atoms with Crippen molar-refractivity contribution in [2.24, 2.45) is 0 Å². The standard InChI is InChI=1S/C14H9ClN4O2S/c15-9-4-1-2-5-10(9)21-8-12-18-19-13(11-6-3-7-20-11)16-17-14(19)22-12/h1-7H,8H2. The zero-order chi connectivity index (χ0) is 14.9. The van der Waals surface area contributed by atoms with Gasteiger partial charge in [0.15, 0.2) is 10.8 Å². The molecule has 0 fully saturated rings. The van der Waals surface area contributed by atoms with Crippen molar-refractivity contribution in [3.63, 3.8) is 0 Å². The van der Waals surface area contributed by atoms with E-state index in [1.807, 2.05) is 24.3 Å². The summed E-state index contributed by atoms with van der Waals surface area (Å²) in [6, 6.07) is 10.9. The van der Waals surface area contributed by atoms with Crippen molar-refractivity contribution in [1.29, 1.82) is 0 Å². The van der Waals surface area contributed by atoms with Crippen molar-refractivity contribution >= 4 is 27.9 Å². The highest BCUT2D eigenvalue weighted by Crippen LogP contribution is 2.26. The summed E-state index contributed by atoms with van der Waals surface area (Å²) in [4.78, 5) is 0.684. The Balaban J connectivity index is 1.60.